The number of benzene rings is 2. The molecule has 1 fully saturated rings. The van der Waals surface area contributed by atoms with E-state index in [-0.39, 0.29) is 23.5 Å². The molecule has 9 heteroatoms. The van der Waals surface area contributed by atoms with Gasteiger partial charge in [0, 0.05) is 16.9 Å². The molecule has 1 aromatic heterocycles. The number of anilines is 1. The van der Waals surface area contributed by atoms with Crippen molar-refractivity contribution < 1.29 is 14.3 Å². The number of piperidine rings is 1. The van der Waals surface area contributed by atoms with Crippen molar-refractivity contribution in [2.45, 2.75) is 44.3 Å². The highest BCUT2D eigenvalue weighted by atomic mass is 32.2. The van der Waals surface area contributed by atoms with E-state index in [0.717, 1.165) is 30.4 Å². The zero-order valence-corrected chi connectivity index (χ0v) is 21.2. The Balaban J connectivity index is 1.54. The summed E-state index contributed by atoms with van der Waals surface area (Å²) in [6.45, 7) is 5.76. The molecule has 8 nitrogen and oxygen atoms in total. The summed E-state index contributed by atoms with van der Waals surface area (Å²) in [5.41, 5.74) is 2.08. The minimum absolute atomic E-state index is 0.0431. The highest BCUT2D eigenvalue weighted by Gasteiger charge is 2.26. The molecule has 3 aromatic rings. The minimum atomic E-state index is -0.175. The van der Waals surface area contributed by atoms with Crippen molar-refractivity contribution in [3.05, 3.63) is 59.9 Å². The van der Waals surface area contributed by atoms with Crippen LogP contribution in [0.1, 0.15) is 55.3 Å². The molecule has 0 aliphatic carbocycles. The van der Waals surface area contributed by atoms with Crippen molar-refractivity contribution in [3.8, 4) is 11.4 Å². The molecule has 1 aliphatic rings. The summed E-state index contributed by atoms with van der Waals surface area (Å²) in [5, 5.41) is 12.5. The number of rotatable bonds is 9. The van der Waals surface area contributed by atoms with Gasteiger partial charge in [-0.1, -0.05) is 30.3 Å². The van der Waals surface area contributed by atoms with Crippen LogP contribution in [-0.4, -0.2) is 57.3 Å². The molecule has 35 heavy (non-hydrogen) atoms. The molecule has 0 unspecified atom stereocenters. The lowest BCUT2D eigenvalue weighted by Crippen LogP contribution is -2.33. The van der Waals surface area contributed by atoms with Crippen LogP contribution in [0.3, 0.4) is 0 Å². The Morgan fingerprint density at radius 2 is 1.83 bits per heavy atom. The fourth-order valence-corrected chi connectivity index (χ4v) is 4.99. The molecule has 0 bridgehead atoms. The van der Waals surface area contributed by atoms with Crippen LogP contribution in [-0.2, 0) is 4.79 Å². The summed E-state index contributed by atoms with van der Waals surface area (Å²) >= 11 is 1.34. The zero-order chi connectivity index (χ0) is 24.8. The molecule has 0 spiro atoms. The van der Waals surface area contributed by atoms with E-state index >= 15 is 0 Å². The summed E-state index contributed by atoms with van der Waals surface area (Å²) in [5.74, 6) is 1.57. The van der Waals surface area contributed by atoms with Crippen LogP contribution >= 0.6 is 11.8 Å². The van der Waals surface area contributed by atoms with Crippen LogP contribution in [0.25, 0.3) is 5.69 Å². The van der Waals surface area contributed by atoms with Gasteiger partial charge in [0.25, 0.3) is 0 Å². The van der Waals surface area contributed by atoms with Gasteiger partial charge in [0.15, 0.2) is 16.8 Å². The summed E-state index contributed by atoms with van der Waals surface area (Å²) in [6, 6.07) is 14.8. The van der Waals surface area contributed by atoms with Gasteiger partial charge in [-0.05, 0) is 76.2 Å². The third kappa shape index (κ3) is 6.10. The van der Waals surface area contributed by atoms with Crippen LogP contribution in [0, 0.1) is 0 Å². The monoisotopic (exact) mass is 493 g/mol. The lowest BCUT2D eigenvalue weighted by atomic mass is 10.1. The lowest BCUT2D eigenvalue weighted by Gasteiger charge is -2.31. The highest BCUT2D eigenvalue weighted by molar-refractivity contribution is 7.99. The van der Waals surface area contributed by atoms with Gasteiger partial charge in [-0.3, -0.25) is 19.1 Å². The number of thioether (sulfide) groups is 1. The van der Waals surface area contributed by atoms with Crippen LogP contribution in [0.5, 0.6) is 5.75 Å². The maximum Gasteiger partial charge on any atom is 0.234 e. The number of likely N-dealkylation sites (tertiary alicyclic amines) is 1. The SMILES string of the molecule is COc1ccc(-n2c(SCC(=O)Nc3cccc(C(C)=O)c3)nnc2[C@H](C)N2CCCCC2)cc1. The van der Waals surface area contributed by atoms with Crippen LogP contribution in [0.2, 0.25) is 0 Å². The van der Waals surface area contributed by atoms with Crippen molar-refractivity contribution in [2.24, 2.45) is 0 Å². The summed E-state index contributed by atoms with van der Waals surface area (Å²) in [4.78, 5) is 26.8. The largest absolute Gasteiger partial charge is 0.497 e. The van der Waals surface area contributed by atoms with Gasteiger partial charge in [0.05, 0.1) is 18.9 Å². The number of Topliss-reactive ketones (excluding diaryl/α,β-unsaturated/α-hetero) is 1. The number of hydrogen-bond acceptors (Lipinski definition) is 7. The fourth-order valence-electron chi connectivity index (χ4n) is 4.23. The van der Waals surface area contributed by atoms with Gasteiger partial charge in [-0.15, -0.1) is 10.2 Å². The molecule has 1 amide bonds. The van der Waals surface area contributed by atoms with Crippen molar-refractivity contribution in [3.63, 3.8) is 0 Å². The summed E-state index contributed by atoms with van der Waals surface area (Å²) in [7, 11) is 1.64. The number of aromatic nitrogens is 3. The molecular weight excluding hydrogens is 462 g/mol. The Bertz CT molecular complexity index is 1170. The van der Waals surface area contributed by atoms with E-state index in [2.05, 4.69) is 27.3 Å². The smallest absolute Gasteiger partial charge is 0.234 e. The van der Waals surface area contributed by atoms with Gasteiger partial charge in [0.1, 0.15) is 5.75 Å². The highest BCUT2D eigenvalue weighted by Crippen LogP contribution is 2.30. The maximum atomic E-state index is 12.7. The average molecular weight is 494 g/mol. The first-order valence-electron chi connectivity index (χ1n) is 11.8. The third-order valence-corrected chi connectivity index (χ3v) is 7.12. The first kappa shape index (κ1) is 24.9. The van der Waals surface area contributed by atoms with Crippen LogP contribution < -0.4 is 10.1 Å². The van der Waals surface area contributed by atoms with E-state index < -0.39 is 0 Å². The van der Waals surface area contributed by atoms with E-state index in [4.69, 9.17) is 4.74 Å². The van der Waals surface area contributed by atoms with E-state index in [1.54, 1.807) is 31.4 Å². The number of carbonyl (C=O) groups is 2. The van der Waals surface area contributed by atoms with Gasteiger partial charge in [-0.2, -0.15) is 0 Å². The van der Waals surface area contributed by atoms with E-state index in [1.165, 1.54) is 37.9 Å². The predicted molar refractivity (Wildman–Crippen MR) is 138 cm³/mol. The molecule has 0 saturated carbocycles. The van der Waals surface area contributed by atoms with Crippen LogP contribution in [0.4, 0.5) is 5.69 Å². The number of hydrogen-bond donors (Lipinski definition) is 1. The quantitative estimate of drug-likeness (QED) is 0.340. The Kier molecular flexibility index (Phi) is 8.20. The second kappa shape index (κ2) is 11.5. The standard InChI is InChI=1S/C26H31N5O3S/c1-18(30-14-5-4-6-15-30)25-28-29-26(31(25)22-10-12-23(34-3)13-11-22)35-17-24(33)27-21-9-7-8-20(16-21)19(2)32/h7-13,16,18H,4-6,14-15,17H2,1-3H3,(H,27,33)/t18-/m0/s1. The van der Waals surface area contributed by atoms with Gasteiger partial charge < -0.3 is 10.1 Å². The Morgan fingerprint density at radius 3 is 2.51 bits per heavy atom. The van der Waals surface area contributed by atoms with Crippen molar-refractivity contribution in [1.82, 2.24) is 19.7 Å². The molecule has 184 valence electrons. The van der Waals surface area contributed by atoms with Crippen molar-refractivity contribution >= 4 is 29.1 Å². The second-order valence-electron chi connectivity index (χ2n) is 8.62. The number of ether oxygens (including phenoxy) is 1. The zero-order valence-electron chi connectivity index (χ0n) is 20.4. The molecule has 1 atom stereocenters. The minimum Gasteiger partial charge on any atom is -0.497 e. The summed E-state index contributed by atoms with van der Waals surface area (Å²) < 4.78 is 7.36. The number of amides is 1. The molecular formula is C26H31N5O3S. The molecule has 2 heterocycles. The molecule has 1 aliphatic heterocycles. The number of nitrogens with zero attached hydrogens (tertiary/aromatic N) is 4. The Labute approximate surface area is 210 Å². The van der Waals surface area contributed by atoms with E-state index in [0.29, 0.717) is 16.4 Å². The number of methoxy groups -OCH3 is 1. The average Bonchev–Trinajstić information content (AvgIpc) is 3.31. The maximum absolute atomic E-state index is 12.7. The predicted octanol–water partition coefficient (Wildman–Crippen LogP) is 4.76. The first-order valence-corrected chi connectivity index (χ1v) is 12.8. The third-order valence-electron chi connectivity index (χ3n) is 6.19. The van der Waals surface area contributed by atoms with Gasteiger partial charge in [0.2, 0.25) is 5.91 Å². The van der Waals surface area contributed by atoms with E-state index in [9.17, 15) is 9.59 Å². The fraction of sp³-hybridized carbons (Fsp3) is 0.385. The molecule has 0 radical (unpaired) electrons. The molecule has 1 saturated heterocycles. The van der Waals surface area contributed by atoms with Crippen molar-refractivity contribution in [2.75, 3.05) is 31.3 Å². The van der Waals surface area contributed by atoms with Gasteiger partial charge in [-0.25, -0.2) is 0 Å². The molecule has 4 rings (SSSR count). The second-order valence-corrected chi connectivity index (χ2v) is 9.56. The first-order chi connectivity index (χ1) is 17.0. The molecule has 1 N–H and O–H groups in total. The van der Waals surface area contributed by atoms with Crippen molar-refractivity contribution in [1.29, 1.82) is 0 Å². The number of carbonyl (C=O) groups excluding carboxylic acids is 2. The normalized spacial score (nSPS) is 14.9. The Hall–Kier alpha value is -3.17. The topological polar surface area (TPSA) is 89.3 Å². The molecule has 2 aromatic carbocycles. The Morgan fingerprint density at radius 1 is 1.09 bits per heavy atom. The van der Waals surface area contributed by atoms with Crippen LogP contribution in [0.15, 0.2) is 53.7 Å². The number of ketones is 1. The summed E-state index contributed by atoms with van der Waals surface area (Å²) in [6.07, 6.45) is 3.64. The van der Waals surface area contributed by atoms with E-state index in [1.807, 2.05) is 28.8 Å². The number of nitrogens with one attached hydrogen (secondary N) is 1. The lowest BCUT2D eigenvalue weighted by molar-refractivity contribution is -0.113. The van der Waals surface area contributed by atoms with Gasteiger partial charge >= 0.3 is 0 Å².